The van der Waals surface area contributed by atoms with Crippen LogP contribution in [0.1, 0.15) is 29.3 Å². The quantitative estimate of drug-likeness (QED) is 0.809. The number of rotatable bonds is 5. The predicted octanol–water partition coefficient (Wildman–Crippen LogP) is 3.78. The fourth-order valence-corrected chi connectivity index (χ4v) is 2.52. The standard InChI is InChI=1S/C17H19BrN2O/c1-12(7-8-13-5-3-2-4-6-13)20-17(21)15-10-9-14(18)11-16(15)19/h2-6,9-12H,7-8,19H2,1H3,(H,20,21). The van der Waals surface area contributed by atoms with Crippen LogP contribution < -0.4 is 11.1 Å². The zero-order chi connectivity index (χ0) is 15.2. The van der Waals surface area contributed by atoms with Crippen LogP contribution in [0.25, 0.3) is 0 Å². The van der Waals surface area contributed by atoms with Crippen molar-refractivity contribution in [3.8, 4) is 0 Å². The summed E-state index contributed by atoms with van der Waals surface area (Å²) in [7, 11) is 0. The van der Waals surface area contributed by atoms with E-state index in [-0.39, 0.29) is 11.9 Å². The maximum atomic E-state index is 12.2. The third-order valence-corrected chi connectivity index (χ3v) is 3.84. The highest BCUT2D eigenvalue weighted by molar-refractivity contribution is 9.10. The normalized spacial score (nSPS) is 11.9. The maximum absolute atomic E-state index is 12.2. The van der Waals surface area contributed by atoms with Crippen molar-refractivity contribution in [1.29, 1.82) is 0 Å². The highest BCUT2D eigenvalue weighted by Crippen LogP contribution is 2.18. The summed E-state index contributed by atoms with van der Waals surface area (Å²) < 4.78 is 0.869. The highest BCUT2D eigenvalue weighted by atomic mass is 79.9. The zero-order valence-electron chi connectivity index (χ0n) is 12.0. The summed E-state index contributed by atoms with van der Waals surface area (Å²) in [6.07, 6.45) is 1.84. The number of nitrogens with one attached hydrogen (secondary N) is 1. The van der Waals surface area contributed by atoms with Crippen LogP contribution >= 0.6 is 15.9 Å². The van der Waals surface area contributed by atoms with Crippen molar-refractivity contribution in [2.75, 3.05) is 5.73 Å². The minimum absolute atomic E-state index is 0.0979. The molecule has 4 heteroatoms. The van der Waals surface area contributed by atoms with E-state index in [1.165, 1.54) is 5.56 Å². The Labute approximate surface area is 133 Å². The van der Waals surface area contributed by atoms with Crippen LogP contribution in [0.3, 0.4) is 0 Å². The molecule has 0 heterocycles. The second kappa shape index (κ2) is 7.27. The number of hydrogen-bond donors (Lipinski definition) is 2. The zero-order valence-corrected chi connectivity index (χ0v) is 13.6. The van der Waals surface area contributed by atoms with Gasteiger partial charge in [-0.3, -0.25) is 4.79 Å². The van der Waals surface area contributed by atoms with Crippen LogP contribution in [0.2, 0.25) is 0 Å². The van der Waals surface area contributed by atoms with Gasteiger partial charge in [-0.25, -0.2) is 0 Å². The van der Waals surface area contributed by atoms with Crippen molar-refractivity contribution < 1.29 is 4.79 Å². The van der Waals surface area contributed by atoms with Crippen LogP contribution in [0.15, 0.2) is 53.0 Å². The van der Waals surface area contributed by atoms with E-state index in [1.807, 2.05) is 31.2 Å². The SMILES string of the molecule is CC(CCc1ccccc1)NC(=O)c1ccc(Br)cc1N. The van der Waals surface area contributed by atoms with E-state index >= 15 is 0 Å². The van der Waals surface area contributed by atoms with Crippen molar-refractivity contribution in [3.05, 3.63) is 64.1 Å². The molecule has 110 valence electrons. The lowest BCUT2D eigenvalue weighted by Crippen LogP contribution is -2.33. The lowest BCUT2D eigenvalue weighted by molar-refractivity contribution is 0.0939. The van der Waals surface area contributed by atoms with Gasteiger partial charge in [0.2, 0.25) is 0 Å². The molecule has 3 N–H and O–H groups in total. The first-order chi connectivity index (χ1) is 10.1. The molecule has 0 saturated heterocycles. The van der Waals surface area contributed by atoms with E-state index in [9.17, 15) is 4.79 Å². The minimum Gasteiger partial charge on any atom is -0.398 e. The third-order valence-electron chi connectivity index (χ3n) is 3.34. The second-order valence-electron chi connectivity index (χ2n) is 5.13. The Bertz CT molecular complexity index is 613. The van der Waals surface area contributed by atoms with Crippen molar-refractivity contribution >= 4 is 27.5 Å². The molecule has 2 aromatic rings. The van der Waals surface area contributed by atoms with E-state index in [4.69, 9.17) is 5.73 Å². The van der Waals surface area contributed by atoms with Crippen molar-refractivity contribution in [1.82, 2.24) is 5.32 Å². The summed E-state index contributed by atoms with van der Waals surface area (Å²) in [4.78, 5) is 12.2. The Balaban J connectivity index is 1.90. The van der Waals surface area contributed by atoms with Crippen LogP contribution in [0.5, 0.6) is 0 Å². The number of benzene rings is 2. The molecule has 0 bridgehead atoms. The molecule has 0 aromatic heterocycles. The summed E-state index contributed by atoms with van der Waals surface area (Å²) in [6, 6.07) is 15.7. The summed E-state index contributed by atoms with van der Waals surface area (Å²) in [5.41, 5.74) is 8.15. The lowest BCUT2D eigenvalue weighted by atomic mass is 10.1. The van der Waals surface area contributed by atoms with Gasteiger partial charge in [-0.1, -0.05) is 46.3 Å². The molecular weight excluding hydrogens is 328 g/mol. The monoisotopic (exact) mass is 346 g/mol. The Hall–Kier alpha value is -1.81. The van der Waals surface area contributed by atoms with E-state index < -0.39 is 0 Å². The van der Waals surface area contributed by atoms with Gasteiger partial charge >= 0.3 is 0 Å². The molecule has 0 fully saturated rings. The van der Waals surface area contributed by atoms with E-state index in [1.54, 1.807) is 12.1 Å². The Kier molecular flexibility index (Phi) is 5.39. The average molecular weight is 347 g/mol. The van der Waals surface area contributed by atoms with Crippen molar-refractivity contribution in [2.24, 2.45) is 0 Å². The molecule has 3 nitrogen and oxygen atoms in total. The number of halogens is 1. The van der Waals surface area contributed by atoms with Gasteiger partial charge in [-0.15, -0.1) is 0 Å². The minimum atomic E-state index is -0.124. The van der Waals surface area contributed by atoms with E-state index in [0.717, 1.165) is 17.3 Å². The van der Waals surface area contributed by atoms with Gasteiger partial charge in [-0.2, -0.15) is 0 Å². The van der Waals surface area contributed by atoms with Crippen LogP contribution in [0, 0.1) is 0 Å². The van der Waals surface area contributed by atoms with Gasteiger partial charge in [0.15, 0.2) is 0 Å². The first kappa shape index (κ1) is 15.6. The first-order valence-corrected chi connectivity index (χ1v) is 7.75. The third kappa shape index (κ3) is 4.60. The van der Waals surface area contributed by atoms with Gasteiger partial charge in [0.1, 0.15) is 0 Å². The van der Waals surface area contributed by atoms with Crippen LogP contribution in [0.4, 0.5) is 5.69 Å². The number of carbonyl (C=O) groups is 1. The first-order valence-electron chi connectivity index (χ1n) is 6.96. The fraction of sp³-hybridized carbons (Fsp3) is 0.235. The molecule has 0 radical (unpaired) electrons. The molecule has 2 aromatic carbocycles. The summed E-state index contributed by atoms with van der Waals surface area (Å²) >= 11 is 3.34. The second-order valence-corrected chi connectivity index (χ2v) is 6.05. The van der Waals surface area contributed by atoms with E-state index in [0.29, 0.717) is 11.3 Å². The Morgan fingerprint density at radius 2 is 1.95 bits per heavy atom. The summed E-state index contributed by atoms with van der Waals surface area (Å²) in [5.74, 6) is -0.124. The van der Waals surface area contributed by atoms with Crippen molar-refractivity contribution in [2.45, 2.75) is 25.8 Å². The topological polar surface area (TPSA) is 55.1 Å². The number of anilines is 1. The number of amides is 1. The van der Waals surface area contributed by atoms with Gasteiger partial charge in [0.25, 0.3) is 5.91 Å². The molecule has 2 rings (SSSR count). The molecule has 0 aliphatic carbocycles. The number of hydrogen-bond acceptors (Lipinski definition) is 2. The van der Waals surface area contributed by atoms with Crippen LogP contribution in [-0.2, 0) is 6.42 Å². The maximum Gasteiger partial charge on any atom is 0.253 e. The number of nitrogens with two attached hydrogens (primary N) is 1. The summed E-state index contributed by atoms with van der Waals surface area (Å²) in [5, 5.41) is 2.99. The molecule has 0 saturated carbocycles. The molecule has 1 unspecified atom stereocenters. The number of nitrogen functional groups attached to an aromatic ring is 1. The van der Waals surface area contributed by atoms with Gasteiger partial charge in [0, 0.05) is 16.2 Å². The van der Waals surface area contributed by atoms with Gasteiger partial charge in [-0.05, 0) is 43.5 Å². The molecule has 1 amide bonds. The number of carbonyl (C=O) groups excluding carboxylic acids is 1. The highest BCUT2D eigenvalue weighted by Gasteiger charge is 2.12. The Morgan fingerprint density at radius 3 is 2.62 bits per heavy atom. The van der Waals surface area contributed by atoms with Gasteiger partial charge in [0.05, 0.1) is 5.56 Å². The van der Waals surface area contributed by atoms with Crippen molar-refractivity contribution in [3.63, 3.8) is 0 Å². The molecule has 21 heavy (non-hydrogen) atoms. The molecular formula is C17H19BrN2O. The fourth-order valence-electron chi connectivity index (χ4n) is 2.14. The molecule has 1 atom stereocenters. The Morgan fingerprint density at radius 1 is 1.24 bits per heavy atom. The lowest BCUT2D eigenvalue weighted by Gasteiger charge is -2.15. The number of aryl methyl sites for hydroxylation is 1. The van der Waals surface area contributed by atoms with Crippen LogP contribution in [-0.4, -0.2) is 11.9 Å². The molecule has 0 aliphatic rings. The predicted molar refractivity (Wildman–Crippen MR) is 90.2 cm³/mol. The molecule has 0 aliphatic heterocycles. The smallest absolute Gasteiger partial charge is 0.253 e. The van der Waals surface area contributed by atoms with E-state index in [2.05, 4.69) is 33.4 Å². The average Bonchev–Trinajstić information content (AvgIpc) is 2.46. The molecule has 0 spiro atoms. The summed E-state index contributed by atoms with van der Waals surface area (Å²) in [6.45, 7) is 2.01. The largest absolute Gasteiger partial charge is 0.398 e. The van der Waals surface area contributed by atoms with Gasteiger partial charge < -0.3 is 11.1 Å².